The summed E-state index contributed by atoms with van der Waals surface area (Å²) in [5, 5.41) is 0. The van der Waals surface area contributed by atoms with E-state index in [9.17, 15) is 13.2 Å². The summed E-state index contributed by atoms with van der Waals surface area (Å²) in [7, 11) is -3.52. The molecule has 0 radical (unpaired) electrons. The smallest absolute Gasteiger partial charge is 0.244 e. The van der Waals surface area contributed by atoms with Crippen LogP contribution in [0.25, 0.3) is 0 Å². The monoisotopic (exact) mass is 443 g/mol. The molecule has 2 aliphatic rings. The number of benzene rings is 1. The first-order chi connectivity index (χ1) is 12.4. The van der Waals surface area contributed by atoms with Crippen molar-refractivity contribution in [1.82, 2.24) is 14.1 Å². The van der Waals surface area contributed by atoms with Gasteiger partial charge in [-0.15, -0.1) is 0 Å². The number of hydrogen-bond donors (Lipinski definition) is 0. The molecule has 2 aliphatic heterocycles. The molecular weight excluding hydrogens is 418 g/mol. The van der Waals surface area contributed by atoms with Crippen molar-refractivity contribution < 1.29 is 13.2 Å². The van der Waals surface area contributed by atoms with Crippen LogP contribution in [0.5, 0.6) is 0 Å². The van der Waals surface area contributed by atoms with Crippen molar-refractivity contribution in [2.45, 2.75) is 31.1 Å². The third kappa shape index (κ3) is 4.47. The molecule has 6 nitrogen and oxygen atoms in total. The second kappa shape index (κ2) is 8.37. The van der Waals surface area contributed by atoms with E-state index >= 15 is 0 Å². The Balaban J connectivity index is 1.58. The fraction of sp³-hybridized carbons (Fsp3) is 0.611. The van der Waals surface area contributed by atoms with E-state index < -0.39 is 10.0 Å². The summed E-state index contributed by atoms with van der Waals surface area (Å²) in [6.07, 6.45) is 3.38. The van der Waals surface area contributed by atoms with E-state index in [0.717, 1.165) is 31.5 Å². The molecule has 0 aromatic heterocycles. The zero-order valence-corrected chi connectivity index (χ0v) is 17.6. The quantitative estimate of drug-likeness (QED) is 0.714. The molecule has 1 aromatic rings. The van der Waals surface area contributed by atoms with E-state index in [4.69, 9.17) is 0 Å². The summed E-state index contributed by atoms with van der Waals surface area (Å²) in [6, 6.07) is 5.28. The molecular formula is C18H26BrN3O3S. The maximum Gasteiger partial charge on any atom is 0.244 e. The minimum Gasteiger partial charge on any atom is -0.342 e. The highest BCUT2D eigenvalue weighted by molar-refractivity contribution is 9.10. The van der Waals surface area contributed by atoms with E-state index in [1.807, 2.05) is 24.0 Å². The second-order valence-corrected chi connectivity index (χ2v) is 9.82. The van der Waals surface area contributed by atoms with Crippen LogP contribution in [0.15, 0.2) is 27.6 Å². The molecule has 1 aromatic carbocycles. The van der Waals surface area contributed by atoms with Gasteiger partial charge in [-0.3, -0.25) is 9.69 Å². The largest absolute Gasteiger partial charge is 0.342 e. The highest BCUT2D eigenvalue weighted by atomic mass is 79.9. The molecule has 0 atom stereocenters. The Kier molecular flexibility index (Phi) is 6.37. The topological polar surface area (TPSA) is 60.9 Å². The summed E-state index contributed by atoms with van der Waals surface area (Å²) < 4.78 is 27.9. The Morgan fingerprint density at radius 3 is 2.31 bits per heavy atom. The summed E-state index contributed by atoms with van der Waals surface area (Å²) in [5.74, 6) is 0.169. The lowest BCUT2D eigenvalue weighted by molar-refractivity contribution is -0.133. The summed E-state index contributed by atoms with van der Waals surface area (Å²) in [5.41, 5.74) is 1.01. The van der Waals surface area contributed by atoms with Crippen molar-refractivity contribution in [3.63, 3.8) is 0 Å². The molecule has 0 unspecified atom stereocenters. The molecule has 0 bridgehead atoms. The minimum absolute atomic E-state index is 0.169. The van der Waals surface area contributed by atoms with Gasteiger partial charge < -0.3 is 4.90 Å². The van der Waals surface area contributed by atoms with E-state index in [-0.39, 0.29) is 5.91 Å². The number of halogens is 1. The van der Waals surface area contributed by atoms with Crippen LogP contribution in [0.1, 0.15) is 24.8 Å². The standard InChI is InChI=1S/C18H26BrN3O3S/c1-15-5-6-17(16(19)13-15)26(24,25)22-11-9-20(10-12-22)14-18(23)21-7-3-2-4-8-21/h5-6,13H,2-4,7-12,14H2,1H3. The molecule has 0 aliphatic carbocycles. The van der Waals surface area contributed by atoms with Crippen LogP contribution in [0.2, 0.25) is 0 Å². The molecule has 1 amide bonds. The summed E-state index contributed by atoms with van der Waals surface area (Å²) in [6.45, 7) is 6.03. The SMILES string of the molecule is Cc1ccc(S(=O)(=O)N2CCN(CC(=O)N3CCCCC3)CC2)c(Br)c1. The van der Waals surface area contributed by atoms with E-state index in [1.165, 1.54) is 10.7 Å². The summed E-state index contributed by atoms with van der Waals surface area (Å²) >= 11 is 3.37. The molecule has 2 fully saturated rings. The molecule has 2 heterocycles. The molecule has 144 valence electrons. The Bertz CT molecular complexity index is 755. The number of sulfonamides is 1. The van der Waals surface area contributed by atoms with Crippen molar-refractivity contribution in [2.24, 2.45) is 0 Å². The van der Waals surface area contributed by atoms with E-state index in [2.05, 4.69) is 20.8 Å². The van der Waals surface area contributed by atoms with Crippen molar-refractivity contribution in [1.29, 1.82) is 0 Å². The van der Waals surface area contributed by atoms with Crippen molar-refractivity contribution in [3.8, 4) is 0 Å². The first-order valence-corrected chi connectivity index (χ1v) is 11.4. The third-order valence-corrected chi connectivity index (χ3v) is 7.98. The van der Waals surface area contributed by atoms with Gasteiger partial charge in [0.15, 0.2) is 0 Å². The first-order valence-electron chi connectivity index (χ1n) is 9.14. The number of piperidine rings is 1. The number of nitrogens with zero attached hydrogens (tertiary/aromatic N) is 3. The fourth-order valence-electron chi connectivity index (χ4n) is 3.52. The van der Waals surface area contributed by atoms with Gasteiger partial charge in [0.2, 0.25) is 15.9 Å². The number of carbonyl (C=O) groups is 1. The lowest BCUT2D eigenvalue weighted by Gasteiger charge is -2.35. The normalized spacial score (nSPS) is 20.3. The molecule has 0 spiro atoms. The van der Waals surface area contributed by atoms with Gasteiger partial charge in [0, 0.05) is 43.7 Å². The average Bonchev–Trinajstić information content (AvgIpc) is 2.62. The number of amides is 1. The van der Waals surface area contributed by atoms with Gasteiger partial charge >= 0.3 is 0 Å². The Morgan fingerprint density at radius 2 is 1.69 bits per heavy atom. The number of rotatable bonds is 4. The number of likely N-dealkylation sites (tertiary alicyclic amines) is 1. The lowest BCUT2D eigenvalue weighted by Crippen LogP contribution is -2.51. The van der Waals surface area contributed by atoms with Crippen molar-refractivity contribution in [2.75, 3.05) is 45.8 Å². The molecule has 0 saturated carbocycles. The predicted octanol–water partition coefficient (Wildman–Crippen LogP) is 2.08. The van der Waals surface area contributed by atoms with Gasteiger partial charge in [0.25, 0.3) is 0 Å². The molecule has 26 heavy (non-hydrogen) atoms. The predicted molar refractivity (Wildman–Crippen MR) is 105 cm³/mol. The third-order valence-electron chi connectivity index (χ3n) is 5.10. The maximum atomic E-state index is 12.9. The van der Waals surface area contributed by atoms with Gasteiger partial charge in [-0.2, -0.15) is 4.31 Å². The second-order valence-electron chi connectivity index (χ2n) is 7.06. The number of carbonyl (C=O) groups excluding carboxylic acids is 1. The van der Waals surface area contributed by atoms with Gasteiger partial charge in [-0.25, -0.2) is 8.42 Å². The Labute approximate surface area is 164 Å². The zero-order chi connectivity index (χ0) is 18.7. The first kappa shape index (κ1) is 19.8. The van der Waals surface area contributed by atoms with Crippen LogP contribution in [0, 0.1) is 6.92 Å². The van der Waals surface area contributed by atoms with Gasteiger partial charge in [0.1, 0.15) is 0 Å². The Hall–Kier alpha value is -0.960. The average molecular weight is 444 g/mol. The van der Waals surface area contributed by atoms with Gasteiger partial charge in [-0.05, 0) is 59.8 Å². The maximum absolute atomic E-state index is 12.9. The molecule has 3 rings (SSSR count). The van der Waals surface area contributed by atoms with Crippen molar-refractivity contribution >= 4 is 31.9 Å². The highest BCUT2D eigenvalue weighted by Gasteiger charge is 2.31. The molecule has 2 saturated heterocycles. The number of aryl methyl sites for hydroxylation is 1. The fourth-order valence-corrected chi connectivity index (χ4v) is 6.09. The van der Waals surface area contributed by atoms with Crippen LogP contribution in [-0.2, 0) is 14.8 Å². The Morgan fingerprint density at radius 1 is 1.04 bits per heavy atom. The van der Waals surface area contributed by atoms with Gasteiger partial charge in [0.05, 0.1) is 11.4 Å². The van der Waals surface area contributed by atoms with Crippen molar-refractivity contribution in [3.05, 3.63) is 28.2 Å². The minimum atomic E-state index is -3.52. The zero-order valence-electron chi connectivity index (χ0n) is 15.2. The molecule has 8 heteroatoms. The summed E-state index contributed by atoms with van der Waals surface area (Å²) in [4.78, 5) is 16.7. The van der Waals surface area contributed by atoms with E-state index in [0.29, 0.717) is 42.1 Å². The van der Waals surface area contributed by atoms with Crippen LogP contribution in [-0.4, -0.2) is 74.2 Å². The van der Waals surface area contributed by atoms with Crippen LogP contribution in [0.4, 0.5) is 0 Å². The van der Waals surface area contributed by atoms with E-state index in [1.54, 1.807) is 6.07 Å². The number of hydrogen-bond acceptors (Lipinski definition) is 4. The van der Waals surface area contributed by atoms with Crippen LogP contribution >= 0.6 is 15.9 Å². The van der Waals surface area contributed by atoms with Crippen LogP contribution < -0.4 is 0 Å². The lowest BCUT2D eigenvalue weighted by atomic mass is 10.1. The van der Waals surface area contributed by atoms with Crippen LogP contribution in [0.3, 0.4) is 0 Å². The highest BCUT2D eigenvalue weighted by Crippen LogP contribution is 2.26. The number of piperazine rings is 1. The molecule has 0 N–H and O–H groups in total. The van der Waals surface area contributed by atoms with Gasteiger partial charge in [-0.1, -0.05) is 6.07 Å².